The molecule has 0 fully saturated rings. The summed E-state index contributed by atoms with van der Waals surface area (Å²) in [4.78, 5) is 0. The third kappa shape index (κ3) is 3.89. The normalized spacial score (nSPS) is 12.4. The molecule has 0 aliphatic rings. The Morgan fingerprint density at radius 2 is 1.81 bits per heavy atom. The van der Waals surface area contributed by atoms with E-state index in [-0.39, 0.29) is 6.04 Å². The first kappa shape index (κ1) is 16.1. The molecule has 0 radical (unpaired) electrons. The van der Waals surface area contributed by atoms with Crippen LogP contribution >= 0.6 is 15.9 Å². The summed E-state index contributed by atoms with van der Waals surface area (Å²) in [5.74, 6) is -1.12. The maximum Gasteiger partial charge on any atom is 0.126 e. The lowest BCUT2D eigenvalue weighted by atomic mass is 9.97. The Morgan fingerprint density at radius 3 is 2.43 bits per heavy atom. The molecule has 0 spiro atoms. The fourth-order valence-corrected chi connectivity index (χ4v) is 2.82. The summed E-state index contributed by atoms with van der Waals surface area (Å²) < 4.78 is 28.0. The zero-order valence-electron chi connectivity index (χ0n) is 12.1. The minimum absolute atomic E-state index is 0.246. The molecule has 21 heavy (non-hydrogen) atoms. The highest BCUT2D eigenvalue weighted by Crippen LogP contribution is 2.31. The number of nitrogens with one attached hydrogen (secondary N) is 1. The molecule has 0 saturated heterocycles. The monoisotopic (exact) mass is 353 g/mol. The summed E-state index contributed by atoms with van der Waals surface area (Å²) in [5.41, 5.74) is 2.66. The maximum absolute atomic E-state index is 13.5. The molecule has 0 heterocycles. The van der Waals surface area contributed by atoms with Gasteiger partial charge in [-0.3, -0.25) is 0 Å². The van der Waals surface area contributed by atoms with E-state index >= 15 is 0 Å². The first-order valence-electron chi connectivity index (χ1n) is 6.97. The smallest absolute Gasteiger partial charge is 0.126 e. The second-order valence-corrected chi connectivity index (χ2v) is 5.86. The lowest BCUT2D eigenvalue weighted by molar-refractivity contribution is 0.558. The van der Waals surface area contributed by atoms with Crippen molar-refractivity contribution in [2.45, 2.75) is 26.3 Å². The summed E-state index contributed by atoms with van der Waals surface area (Å²) >= 11 is 3.58. The van der Waals surface area contributed by atoms with Crippen LogP contribution in [0.2, 0.25) is 0 Å². The first-order chi connectivity index (χ1) is 10.0. The van der Waals surface area contributed by atoms with Gasteiger partial charge < -0.3 is 5.32 Å². The maximum atomic E-state index is 13.5. The summed E-state index contributed by atoms with van der Waals surface area (Å²) in [6.07, 6.45) is 0.942. The van der Waals surface area contributed by atoms with E-state index in [2.05, 4.69) is 28.2 Å². The Labute approximate surface area is 132 Å². The highest BCUT2D eigenvalue weighted by molar-refractivity contribution is 9.10. The van der Waals surface area contributed by atoms with Crippen LogP contribution in [0, 0.1) is 18.6 Å². The van der Waals surface area contributed by atoms with E-state index in [1.54, 1.807) is 0 Å². The van der Waals surface area contributed by atoms with E-state index in [0.29, 0.717) is 5.56 Å². The van der Waals surface area contributed by atoms with E-state index in [1.807, 2.05) is 25.1 Å². The Hall–Kier alpha value is -1.26. The van der Waals surface area contributed by atoms with Gasteiger partial charge in [0.15, 0.2) is 0 Å². The summed E-state index contributed by atoms with van der Waals surface area (Å²) in [5, 5.41) is 3.36. The van der Waals surface area contributed by atoms with E-state index < -0.39 is 11.6 Å². The summed E-state index contributed by atoms with van der Waals surface area (Å²) in [6, 6.07) is 9.32. The quantitative estimate of drug-likeness (QED) is 0.785. The number of halogens is 3. The van der Waals surface area contributed by atoms with Gasteiger partial charge in [-0.15, -0.1) is 0 Å². The first-order valence-corrected chi connectivity index (χ1v) is 7.76. The van der Waals surface area contributed by atoms with Crippen molar-refractivity contribution in [1.82, 2.24) is 5.32 Å². The van der Waals surface area contributed by atoms with Crippen LogP contribution in [0.25, 0.3) is 0 Å². The van der Waals surface area contributed by atoms with Crippen LogP contribution in [0.15, 0.2) is 40.9 Å². The number of benzene rings is 2. The van der Waals surface area contributed by atoms with Crippen molar-refractivity contribution in [2.24, 2.45) is 0 Å². The van der Waals surface area contributed by atoms with Crippen LogP contribution in [0.3, 0.4) is 0 Å². The predicted octanol–water partition coefficient (Wildman–Crippen LogP) is 5.12. The van der Waals surface area contributed by atoms with Gasteiger partial charge in [-0.2, -0.15) is 0 Å². The molecule has 2 rings (SSSR count). The highest BCUT2D eigenvalue weighted by atomic mass is 79.9. The molecule has 0 amide bonds. The largest absolute Gasteiger partial charge is 0.306 e. The molecular weight excluding hydrogens is 336 g/mol. The number of rotatable bonds is 5. The van der Waals surface area contributed by atoms with Gasteiger partial charge in [0, 0.05) is 10.5 Å². The average Bonchev–Trinajstić information content (AvgIpc) is 2.42. The molecule has 1 atom stereocenters. The second kappa shape index (κ2) is 7.14. The van der Waals surface area contributed by atoms with Gasteiger partial charge in [-0.25, -0.2) is 8.78 Å². The molecule has 0 aliphatic heterocycles. The fourth-order valence-electron chi connectivity index (χ4n) is 2.33. The highest BCUT2D eigenvalue weighted by Gasteiger charge is 2.18. The lowest BCUT2D eigenvalue weighted by Crippen LogP contribution is -2.24. The van der Waals surface area contributed by atoms with Gasteiger partial charge in [0.25, 0.3) is 0 Å². The van der Waals surface area contributed by atoms with E-state index in [9.17, 15) is 8.78 Å². The van der Waals surface area contributed by atoms with Gasteiger partial charge in [0.2, 0.25) is 0 Å². The topological polar surface area (TPSA) is 12.0 Å². The van der Waals surface area contributed by atoms with Crippen LogP contribution in [0.5, 0.6) is 0 Å². The minimum atomic E-state index is -0.558. The standard InChI is InChI=1S/C17H18BrF2N/c1-3-7-21-17(12-8-13(19)10-14(20)9-12)15-6-4-5-11(2)16(15)18/h4-6,8-10,17,21H,3,7H2,1-2H3. The fraction of sp³-hybridized carbons (Fsp3) is 0.294. The Balaban J connectivity index is 2.49. The van der Waals surface area contributed by atoms with Crippen molar-refractivity contribution in [3.63, 3.8) is 0 Å². The Morgan fingerprint density at radius 1 is 1.14 bits per heavy atom. The average molecular weight is 354 g/mol. The molecular formula is C17H18BrF2N. The van der Waals surface area contributed by atoms with Crippen LogP contribution in [-0.2, 0) is 0 Å². The van der Waals surface area contributed by atoms with E-state index in [0.717, 1.165) is 34.6 Å². The van der Waals surface area contributed by atoms with Gasteiger partial charge in [0.1, 0.15) is 11.6 Å². The van der Waals surface area contributed by atoms with Gasteiger partial charge in [0.05, 0.1) is 6.04 Å². The molecule has 0 aliphatic carbocycles. The molecule has 4 heteroatoms. The van der Waals surface area contributed by atoms with Crippen molar-refractivity contribution in [1.29, 1.82) is 0 Å². The van der Waals surface area contributed by atoms with Crippen LogP contribution in [0.1, 0.15) is 36.1 Å². The second-order valence-electron chi connectivity index (χ2n) is 5.07. The third-order valence-electron chi connectivity index (χ3n) is 3.35. The van der Waals surface area contributed by atoms with Crippen LogP contribution in [0.4, 0.5) is 8.78 Å². The van der Waals surface area contributed by atoms with Crippen LogP contribution < -0.4 is 5.32 Å². The summed E-state index contributed by atoms with van der Waals surface area (Å²) in [6.45, 7) is 4.82. The van der Waals surface area contributed by atoms with Crippen molar-refractivity contribution in [2.75, 3.05) is 6.54 Å². The Bertz CT molecular complexity index is 608. The van der Waals surface area contributed by atoms with Gasteiger partial charge in [-0.1, -0.05) is 41.1 Å². The van der Waals surface area contributed by atoms with Crippen molar-refractivity contribution < 1.29 is 8.78 Å². The van der Waals surface area contributed by atoms with E-state index in [1.165, 1.54) is 12.1 Å². The zero-order chi connectivity index (χ0) is 15.4. The molecule has 1 nitrogen and oxygen atoms in total. The van der Waals surface area contributed by atoms with Gasteiger partial charge in [-0.05, 0) is 48.7 Å². The number of hydrogen-bond donors (Lipinski definition) is 1. The number of aryl methyl sites for hydroxylation is 1. The molecule has 0 bridgehead atoms. The van der Waals surface area contributed by atoms with Gasteiger partial charge >= 0.3 is 0 Å². The van der Waals surface area contributed by atoms with Crippen molar-refractivity contribution in [3.05, 3.63) is 69.2 Å². The van der Waals surface area contributed by atoms with Crippen molar-refractivity contribution >= 4 is 15.9 Å². The predicted molar refractivity (Wildman–Crippen MR) is 85.4 cm³/mol. The Kier molecular flexibility index (Phi) is 5.48. The molecule has 112 valence electrons. The molecule has 2 aromatic carbocycles. The number of hydrogen-bond acceptors (Lipinski definition) is 1. The molecule has 0 saturated carbocycles. The zero-order valence-corrected chi connectivity index (χ0v) is 13.7. The molecule has 0 aromatic heterocycles. The van der Waals surface area contributed by atoms with E-state index in [4.69, 9.17) is 0 Å². The molecule has 2 aromatic rings. The SMILES string of the molecule is CCCNC(c1cc(F)cc(F)c1)c1cccc(C)c1Br. The van der Waals surface area contributed by atoms with Crippen molar-refractivity contribution in [3.8, 4) is 0 Å². The lowest BCUT2D eigenvalue weighted by Gasteiger charge is -2.22. The third-order valence-corrected chi connectivity index (χ3v) is 4.43. The molecule has 1 unspecified atom stereocenters. The minimum Gasteiger partial charge on any atom is -0.306 e. The summed E-state index contributed by atoms with van der Waals surface area (Å²) in [7, 11) is 0. The van der Waals surface area contributed by atoms with Crippen LogP contribution in [-0.4, -0.2) is 6.54 Å². The molecule has 1 N–H and O–H groups in total.